The molecule has 0 radical (unpaired) electrons. The third kappa shape index (κ3) is 2.12. The van der Waals surface area contributed by atoms with Crippen LogP contribution < -0.4 is 0 Å². The van der Waals surface area contributed by atoms with E-state index in [-0.39, 0.29) is 18.8 Å². The van der Waals surface area contributed by atoms with Gasteiger partial charge in [-0.25, -0.2) is 4.79 Å². The minimum atomic E-state index is -1.04. The Kier molecular flexibility index (Phi) is 3.27. The summed E-state index contributed by atoms with van der Waals surface area (Å²) < 4.78 is 1.46. The fourth-order valence-electron chi connectivity index (χ4n) is 1.27. The highest BCUT2D eigenvalue weighted by molar-refractivity contribution is 5.86. The van der Waals surface area contributed by atoms with Crippen LogP contribution in [0.15, 0.2) is 12.1 Å². The molecule has 0 aliphatic heterocycles. The zero-order valence-electron chi connectivity index (χ0n) is 7.84. The Morgan fingerprint density at radius 1 is 1.57 bits per heavy atom. The summed E-state index contributed by atoms with van der Waals surface area (Å²) in [5, 5.41) is 26.6. The second-order valence-electron chi connectivity index (χ2n) is 3.11. The van der Waals surface area contributed by atoms with Crippen LogP contribution >= 0.6 is 0 Å². The van der Waals surface area contributed by atoms with Gasteiger partial charge in [-0.3, -0.25) is 0 Å². The Morgan fingerprint density at radius 2 is 2.21 bits per heavy atom. The van der Waals surface area contributed by atoms with Crippen molar-refractivity contribution in [3.63, 3.8) is 0 Å². The van der Waals surface area contributed by atoms with Gasteiger partial charge in [-0.15, -0.1) is 0 Å². The van der Waals surface area contributed by atoms with Gasteiger partial charge in [0.2, 0.25) is 0 Å². The Morgan fingerprint density at radius 3 is 2.71 bits per heavy atom. The molecule has 0 saturated carbocycles. The van der Waals surface area contributed by atoms with E-state index in [1.54, 1.807) is 13.0 Å². The van der Waals surface area contributed by atoms with E-state index in [1.807, 2.05) is 0 Å². The number of carbonyl (C=O) groups is 1. The molecule has 0 aliphatic rings. The number of carboxylic acid groups (broad SMARTS) is 1. The molecular formula is C9H13NO4. The van der Waals surface area contributed by atoms with Crippen LogP contribution in [0, 0.1) is 6.92 Å². The molecule has 1 unspecified atom stereocenters. The molecule has 3 N–H and O–H groups in total. The molecule has 78 valence electrons. The number of aliphatic hydroxyl groups is 2. The van der Waals surface area contributed by atoms with Crippen molar-refractivity contribution in [3.05, 3.63) is 23.5 Å². The number of aliphatic hydroxyl groups excluding tert-OH is 2. The number of aromatic carboxylic acids is 1. The highest BCUT2D eigenvalue weighted by Crippen LogP contribution is 2.09. The first kappa shape index (κ1) is 10.7. The van der Waals surface area contributed by atoms with Crippen LogP contribution in [-0.2, 0) is 6.54 Å². The minimum Gasteiger partial charge on any atom is -0.477 e. The van der Waals surface area contributed by atoms with Gasteiger partial charge in [0.1, 0.15) is 5.69 Å². The molecule has 0 saturated heterocycles. The monoisotopic (exact) mass is 199 g/mol. The average Bonchev–Trinajstić information content (AvgIpc) is 2.48. The van der Waals surface area contributed by atoms with E-state index < -0.39 is 12.1 Å². The van der Waals surface area contributed by atoms with Crippen molar-refractivity contribution < 1.29 is 20.1 Å². The largest absolute Gasteiger partial charge is 0.477 e. The van der Waals surface area contributed by atoms with E-state index >= 15 is 0 Å². The van der Waals surface area contributed by atoms with E-state index in [0.717, 1.165) is 5.69 Å². The van der Waals surface area contributed by atoms with E-state index in [9.17, 15) is 9.90 Å². The van der Waals surface area contributed by atoms with Gasteiger partial charge in [-0.1, -0.05) is 0 Å². The summed E-state index contributed by atoms with van der Waals surface area (Å²) in [5.74, 6) is -1.04. The fourth-order valence-corrected chi connectivity index (χ4v) is 1.27. The van der Waals surface area contributed by atoms with Gasteiger partial charge < -0.3 is 19.9 Å². The smallest absolute Gasteiger partial charge is 0.352 e. The van der Waals surface area contributed by atoms with E-state index in [4.69, 9.17) is 10.2 Å². The maximum atomic E-state index is 10.7. The van der Waals surface area contributed by atoms with Crippen molar-refractivity contribution >= 4 is 5.97 Å². The van der Waals surface area contributed by atoms with Crippen LogP contribution in [0.25, 0.3) is 0 Å². The van der Waals surface area contributed by atoms with Crippen LogP contribution in [0.2, 0.25) is 0 Å². The summed E-state index contributed by atoms with van der Waals surface area (Å²) in [6, 6.07) is 3.13. The second kappa shape index (κ2) is 4.26. The predicted octanol–water partition coefficient (Wildman–Crippen LogP) is -0.152. The summed E-state index contributed by atoms with van der Waals surface area (Å²) in [6.45, 7) is 1.46. The average molecular weight is 199 g/mol. The topological polar surface area (TPSA) is 82.7 Å². The SMILES string of the molecule is Cc1ccc(C(=O)O)n1CC(O)CO. The van der Waals surface area contributed by atoms with E-state index in [0.29, 0.717) is 0 Å². The molecule has 0 aliphatic carbocycles. The number of hydrogen-bond acceptors (Lipinski definition) is 3. The standard InChI is InChI=1S/C9H13NO4/c1-6-2-3-8(9(13)14)10(6)4-7(12)5-11/h2-3,7,11-12H,4-5H2,1H3,(H,13,14). The van der Waals surface area contributed by atoms with Crippen molar-refractivity contribution in [2.75, 3.05) is 6.61 Å². The summed E-state index contributed by atoms with van der Waals surface area (Å²) >= 11 is 0. The van der Waals surface area contributed by atoms with Gasteiger partial charge in [0.05, 0.1) is 19.3 Å². The molecule has 14 heavy (non-hydrogen) atoms. The van der Waals surface area contributed by atoms with E-state index in [1.165, 1.54) is 10.6 Å². The maximum Gasteiger partial charge on any atom is 0.352 e. The minimum absolute atomic E-state index is 0.0942. The fraction of sp³-hybridized carbons (Fsp3) is 0.444. The summed E-state index contributed by atoms with van der Waals surface area (Å²) in [7, 11) is 0. The number of nitrogens with zero attached hydrogens (tertiary/aromatic N) is 1. The zero-order chi connectivity index (χ0) is 10.7. The number of aromatic nitrogens is 1. The van der Waals surface area contributed by atoms with Crippen molar-refractivity contribution in [1.29, 1.82) is 0 Å². The molecule has 1 heterocycles. The number of hydrogen-bond donors (Lipinski definition) is 3. The molecule has 0 spiro atoms. The summed E-state index contributed by atoms with van der Waals surface area (Å²) in [4.78, 5) is 10.7. The third-order valence-electron chi connectivity index (χ3n) is 2.02. The summed E-state index contributed by atoms with van der Waals surface area (Å²) in [6.07, 6.45) is -0.931. The molecular weight excluding hydrogens is 186 g/mol. The molecule has 0 aromatic carbocycles. The molecule has 5 heteroatoms. The first-order chi connectivity index (χ1) is 6.56. The Labute approximate surface area is 81.2 Å². The number of rotatable bonds is 4. The van der Waals surface area contributed by atoms with Crippen LogP contribution in [0.4, 0.5) is 0 Å². The zero-order valence-corrected chi connectivity index (χ0v) is 7.84. The highest BCUT2D eigenvalue weighted by atomic mass is 16.4. The lowest BCUT2D eigenvalue weighted by Crippen LogP contribution is -2.23. The summed E-state index contributed by atoms with van der Waals surface area (Å²) in [5.41, 5.74) is 0.866. The molecule has 1 aromatic heterocycles. The van der Waals surface area contributed by atoms with Gasteiger partial charge in [-0.2, -0.15) is 0 Å². The van der Waals surface area contributed by atoms with E-state index in [2.05, 4.69) is 0 Å². The predicted molar refractivity (Wildman–Crippen MR) is 49.2 cm³/mol. The lowest BCUT2D eigenvalue weighted by molar-refractivity contribution is 0.0653. The molecule has 5 nitrogen and oxygen atoms in total. The van der Waals surface area contributed by atoms with Gasteiger partial charge >= 0.3 is 5.97 Å². The van der Waals surface area contributed by atoms with Crippen LogP contribution in [-0.4, -0.2) is 38.6 Å². The van der Waals surface area contributed by atoms with Crippen molar-refractivity contribution in [2.45, 2.75) is 19.6 Å². The highest BCUT2D eigenvalue weighted by Gasteiger charge is 2.14. The van der Waals surface area contributed by atoms with Crippen molar-refractivity contribution in [2.24, 2.45) is 0 Å². The van der Waals surface area contributed by atoms with Gasteiger partial charge in [-0.05, 0) is 19.1 Å². The number of carboxylic acids is 1. The van der Waals surface area contributed by atoms with Crippen molar-refractivity contribution in [1.82, 2.24) is 4.57 Å². The lowest BCUT2D eigenvalue weighted by atomic mass is 10.3. The van der Waals surface area contributed by atoms with Crippen molar-refractivity contribution in [3.8, 4) is 0 Å². The Balaban J connectivity index is 2.93. The van der Waals surface area contributed by atoms with Crippen LogP contribution in [0.1, 0.15) is 16.2 Å². The number of aryl methyl sites for hydroxylation is 1. The lowest BCUT2D eigenvalue weighted by Gasteiger charge is -2.12. The third-order valence-corrected chi connectivity index (χ3v) is 2.02. The van der Waals surface area contributed by atoms with Gasteiger partial charge in [0.15, 0.2) is 0 Å². The van der Waals surface area contributed by atoms with Gasteiger partial charge in [0.25, 0.3) is 0 Å². The molecule has 0 bridgehead atoms. The molecule has 1 atom stereocenters. The van der Waals surface area contributed by atoms with Crippen LogP contribution in [0.5, 0.6) is 0 Å². The molecule has 1 rings (SSSR count). The Bertz CT molecular complexity index is 332. The molecule has 0 fully saturated rings. The Hall–Kier alpha value is -1.33. The van der Waals surface area contributed by atoms with Crippen LogP contribution in [0.3, 0.4) is 0 Å². The molecule has 1 aromatic rings. The second-order valence-corrected chi connectivity index (χ2v) is 3.11. The molecule has 0 amide bonds. The quantitative estimate of drug-likeness (QED) is 0.629. The van der Waals surface area contributed by atoms with Gasteiger partial charge in [0, 0.05) is 5.69 Å². The normalized spacial score (nSPS) is 12.8. The first-order valence-electron chi connectivity index (χ1n) is 4.24. The maximum absolute atomic E-state index is 10.7. The first-order valence-corrected chi connectivity index (χ1v) is 4.24.